The molecule has 0 aliphatic carbocycles. The van der Waals surface area contributed by atoms with Gasteiger partial charge in [0.1, 0.15) is 0 Å². The molecule has 3 aromatic rings. The predicted octanol–water partition coefficient (Wildman–Crippen LogP) is 3.21. The Labute approximate surface area is 131 Å². The first-order valence-corrected chi connectivity index (χ1v) is 7.60. The zero-order valence-corrected chi connectivity index (χ0v) is 12.7. The van der Waals surface area contributed by atoms with E-state index in [9.17, 15) is 4.79 Å². The number of hydrazone groups is 1. The Morgan fingerprint density at radius 1 is 1.32 bits per heavy atom. The van der Waals surface area contributed by atoms with Crippen molar-refractivity contribution in [3.05, 3.63) is 64.7 Å². The molecule has 0 saturated carbocycles. The van der Waals surface area contributed by atoms with Gasteiger partial charge in [0.05, 0.1) is 16.8 Å². The predicted molar refractivity (Wildman–Crippen MR) is 88.1 cm³/mol. The topological polar surface area (TPSA) is 70.1 Å². The fourth-order valence-electron chi connectivity index (χ4n) is 1.97. The minimum absolute atomic E-state index is 0.310. The van der Waals surface area contributed by atoms with Crippen LogP contribution in [0.5, 0.6) is 0 Å². The maximum atomic E-state index is 12.0. The molecule has 5 nitrogen and oxygen atoms in total. The van der Waals surface area contributed by atoms with E-state index in [1.54, 1.807) is 23.6 Å². The van der Waals surface area contributed by atoms with Crippen molar-refractivity contribution < 1.29 is 4.79 Å². The van der Waals surface area contributed by atoms with Gasteiger partial charge in [-0.25, -0.2) is 5.43 Å². The number of hydrogen-bond donors (Lipinski definition) is 2. The van der Waals surface area contributed by atoms with E-state index < -0.39 is 0 Å². The number of carbonyl (C=O) groups is 1. The van der Waals surface area contributed by atoms with Crippen LogP contribution in [-0.2, 0) is 0 Å². The van der Waals surface area contributed by atoms with Gasteiger partial charge in [-0.05, 0) is 30.0 Å². The summed E-state index contributed by atoms with van der Waals surface area (Å²) in [5, 5.41) is 12.8. The summed E-state index contributed by atoms with van der Waals surface area (Å²) in [5.41, 5.74) is 5.68. The highest BCUT2D eigenvalue weighted by Crippen LogP contribution is 2.22. The fraction of sp³-hybridized carbons (Fsp3) is 0.0625. The number of hydrogen-bond acceptors (Lipinski definition) is 4. The zero-order valence-electron chi connectivity index (χ0n) is 11.9. The summed E-state index contributed by atoms with van der Waals surface area (Å²) < 4.78 is 0. The van der Waals surface area contributed by atoms with Gasteiger partial charge >= 0.3 is 0 Å². The Morgan fingerprint density at radius 3 is 3.00 bits per heavy atom. The molecule has 2 N–H and O–H groups in total. The van der Waals surface area contributed by atoms with Gasteiger partial charge < -0.3 is 0 Å². The lowest BCUT2D eigenvalue weighted by molar-refractivity contribution is 0.0950. The molecule has 0 spiro atoms. The Morgan fingerprint density at radius 2 is 2.23 bits per heavy atom. The van der Waals surface area contributed by atoms with Crippen molar-refractivity contribution in [3.63, 3.8) is 0 Å². The Hall–Kier alpha value is -2.73. The molecule has 2 heterocycles. The minimum atomic E-state index is -0.344. The van der Waals surface area contributed by atoms with Crippen LogP contribution in [0.2, 0.25) is 0 Å². The molecule has 0 radical (unpaired) electrons. The quantitative estimate of drug-likeness (QED) is 0.574. The second kappa shape index (κ2) is 6.36. The molecule has 3 rings (SSSR count). The molecular formula is C16H14N4OS. The van der Waals surface area contributed by atoms with Crippen molar-refractivity contribution in [2.24, 2.45) is 5.10 Å². The number of nitrogens with zero attached hydrogens (tertiary/aromatic N) is 2. The number of amides is 1. The third-order valence-electron chi connectivity index (χ3n) is 3.02. The maximum Gasteiger partial charge on any atom is 0.291 e. The molecule has 0 bridgehead atoms. The average molecular weight is 310 g/mol. The standard InChI is InChI=1S/C16H14N4OS/c1-11-4-2-5-12(8-11)10-17-20-16(21)14-9-13(18-19-14)15-6-3-7-22-15/h2-10H,1H3,(H,18,19)(H,20,21)/b17-10+. The molecule has 1 amide bonds. The van der Waals surface area contributed by atoms with Crippen molar-refractivity contribution in [2.45, 2.75) is 6.92 Å². The lowest BCUT2D eigenvalue weighted by Gasteiger charge is -1.96. The van der Waals surface area contributed by atoms with E-state index in [0.717, 1.165) is 21.7 Å². The van der Waals surface area contributed by atoms with Crippen LogP contribution in [0.15, 0.2) is 52.9 Å². The molecule has 2 aromatic heterocycles. The SMILES string of the molecule is Cc1cccc(/C=N/NC(=O)c2cc(-c3cccs3)[nH]n2)c1. The van der Waals surface area contributed by atoms with E-state index in [2.05, 4.69) is 20.7 Å². The summed E-state index contributed by atoms with van der Waals surface area (Å²) in [6.07, 6.45) is 1.61. The summed E-state index contributed by atoms with van der Waals surface area (Å²) in [6.45, 7) is 2.01. The van der Waals surface area contributed by atoms with E-state index in [1.807, 2.05) is 48.7 Å². The highest BCUT2D eigenvalue weighted by atomic mass is 32.1. The van der Waals surface area contributed by atoms with Gasteiger partial charge in [0.25, 0.3) is 5.91 Å². The summed E-state index contributed by atoms with van der Waals surface area (Å²) >= 11 is 1.58. The monoisotopic (exact) mass is 310 g/mol. The lowest BCUT2D eigenvalue weighted by Crippen LogP contribution is -2.18. The van der Waals surface area contributed by atoms with Gasteiger partial charge in [0.2, 0.25) is 0 Å². The van der Waals surface area contributed by atoms with Crippen molar-refractivity contribution in [1.82, 2.24) is 15.6 Å². The van der Waals surface area contributed by atoms with Gasteiger partial charge in [-0.2, -0.15) is 10.2 Å². The first-order chi connectivity index (χ1) is 10.7. The molecule has 0 aliphatic heterocycles. The third kappa shape index (κ3) is 3.29. The molecule has 22 heavy (non-hydrogen) atoms. The summed E-state index contributed by atoms with van der Waals surface area (Å²) in [6, 6.07) is 13.5. The first kappa shape index (κ1) is 14.2. The molecule has 0 saturated heterocycles. The van der Waals surface area contributed by atoms with E-state index in [-0.39, 0.29) is 5.91 Å². The number of aryl methyl sites for hydroxylation is 1. The van der Waals surface area contributed by atoms with Crippen LogP contribution in [0, 0.1) is 6.92 Å². The van der Waals surface area contributed by atoms with Gasteiger partial charge in [-0.15, -0.1) is 11.3 Å². The van der Waals surface area contributed by atoms with Crippen molar-refractivity contribution >= 4 is 23.5 Å². The third-order valence-corrected chi connectivity index (χ3v) is 3.92. The summed E-state index contributed by atoms with van der Waals surface area (Å²) in [5.74, 6) is -0.344. The van der Waals surface area contributed by atoms with E-state index >= 15 is 0 Å². The molecule has 110 valence electrons. The van der Waals surface area contributed by atoms with E-state index in [0.29, 0.717) is 5.69 Å². The number of aromatic nitrogens is 2. The van der Waals surface area contributed by atoms with Crippen LogP contribution in [0.25, 0.3) is 10.6 Å². The first-order valence-electron chi connectivity index (χ1n) is 6.72. The number of aromatic amines is 1. The van der Waals surface area contributed by atoms with Crippen molar-refractivity contribution in [3.8, 4) is 10.6 Å². The summed E-state index contributed by atoms with van der Waals surface area (Å²) in [4.78, 5) is 13.0. The van der Waals surface area contributed by atoms with Crippen molar-refractivity contribution in [2.75, 3.05) is 0 Å². The van der Waals surface area contributed by atoms with Gasteiger partial charge in [-0.3, -0.25) is 9.89 Å². The van der Waals surface area contributed by atoms with Crippen LogP contribution < -0.4 is 5.43 Å². The van der Waals surface area contributed by atoms with Gasteiger partial charge in [-0.1, -0.05) is 35.9 Å². The van der Waals surface area contributed by atoms with Gasteiger partial charge in [0, 0.05) is 0 Å². The molecule has 0 unspecified atom stereocenters. The average Bonchev–Trinajstić information content (AvgIpc) is 3.18. The van der Waals surface area contributed by atoms with Crippen LogP contribution >= 0.6 is 11.3 Å². The molecule has 0 fully saturated rings. The number of benzene rings is 1. The van der Waals surface area contributed by atoms with Crippen molar-refractivity contribution in [1.29, 1.82) is 0 Å². The number of carbonyl (C=O) groups excluding carboxylic acids is 1. The zero-order chi connectivity index (χ0) is 15.4. The normalized spacial score (nSPS) is 11.0. The Balaban J connectivity index is 1.65. The van der Waals surface area contributed by atoms with Crippen LogP contribution in [0.4, 0.5) is 0 Å². The van der Waals surface area contributed by atoms with E-state index in [1.165, 1.54) is 0 Å². The minimum Gasteiger partial charge on any atom is -0.276 e. The molecule has 1 aromatic carbocycles. The number of nitrogens with one attached hydrogen (secondary N) is 2. The summed E-state index contributed by atoms with van der Waals surface area (Å²) in [7, 11) is 0. The molecule has 0 atom stereocenters. The maximum absolute atomic E-state index is 12.0. The van der Waals surface area contributed by atoms with Crippen LogP contribution in [0.3, 0.4) is 0 Å². The molecular weight excluding hydrogens is 296 g/mol. The number of thiophene rings is 1. The number of H-pyrrole nitrogens is 1. The van der Waals surface area contributed by atoms with Crippen LogP contribution in [0.1, 0.15) is 21.6 Å². The molecule has 0 aliphatic rings. The second-order valence-corrected chi connectivity index (χ2v) is 5.71. The lowest BCUT2D eigenvalue weighted by atomic mass is 10.2. The Kier molecular flexibility index (Phi) is 4.11. The van der Waals surface area contributed by atoms with Crippen LogP contribution in [-0.4, -0.2) is 22.3 Å². The molecule has 6 heteroatoms. The number of rotatable bonds is 4. The van der Waals surface area contributed by atoms with Gasteiger partial charge in [0.15, 0.2) is 5.69 Å². The highest BCUT2D eigenvalue weighted by molar-refractivity contribution is 7.13. The largest absolute Gasteiger partial charge is 0.291 e. The fourth-order valence-corrected chi connectivity index (χ4v) is 2.66. The van der Waals surface area contributed by atoms with E-state index in [4.69, 9.17) is 0 Å². The second-order valence-electron chi connectivity index (χ2n) is 4.76. The Bertz CT molecular complexity index is 805. The smallest absolute Gasteiger partial charge is 0.276 e. The highest BCUT2D eigenvalue weighted by Gasteiger charge is 2.10.